The van der Waals surface area contributed by atoms with Crippen molar-refractivity contribution in [3.63, 3.8) is 0 Å². The molecular weight excluding hydrogens is 691 g/mol. The molecule has 0 saturated carbocycles. The quantitative estimate of drug-likeness (QED) is 0.163. The van der Waals surface area contributed by atoms with E-state index in [2.05, 4.69) is 223 Å². The Labute approximate surface area is 332 Å². The monoisotopic (exact) mass is 727 g/mol. The lowest BCUT2D eigenvalue weighted by Crippen LogP contribution is -2.28. The summed E-state index contributed by atoms with van der Waals surface area (Å²) in [6, 6.07) is 81.2. The summed E-state index contributed by atoms with van der Waals surface area (Å²) in [6.45, 7) is 0. The molecule has 268 valence electrons. The highest BCUT2D eigenvalue weighted by Gasteiger charge is 2.46. The first-order valence-electron chi connectivity index (χ1n) is 19.6. The molecule has 1 aromatic heterocycles. The summed E-state index contributed by atoms with van der Waals surface area (Å²) in [5, 5.41) is 2.23. The average Bonchev–Trinajstić information content (AvgIpc) is 3.82. The maximum Gasteiger partial charge on any atom is 0.143 e. The molecule has 2 nitrogen and oxygen atoms in total. The number of hydrogen-bond donors (Lipinski definition) is 0. The maximum atomic E-state index is 6.66. The third kappa shape index (κ3) is 5.18. The highest BCUT2D eigenvalue weighted by Crippen LogP contribution is 2.57. The Hall–Kier alpha value is -7.42. The van der Waals surface area contributed by atoms with Gasteiger partial charge in [-0.2, -0.15) is 0 Å². The minimum absolute atomic E-state index is 0.526. The third-order valence-corrected chi connectivity index (χ3v) is 11.8. The lowest BCUT2D eigenvalue weighted by atomic mass is 9.67. The van der Waals surface area contributed by atoms with E-state index in [9.17, 15) is 0 Å². The zero-order chi connectivity index (χ0) is 37.8. The van der Waals surface area contributed by atoms with Crippen LogP contribution in [0.15, 0.2) is 229 Å². The van der Waals surface area contributed by atoms with E-state index in [1.807, 2.05) is 6.07 Å². The first kappa shape index (κ1) is 33.0. The topological polar surface area (TPSA) is 16.4 Å². The molecule has 0 spiro atoms. The van der Waals surface area contributed by atoms with E-state index in [0.29, 0.717) is 0 Å². The Morgan fingerprint density at radius 3 is 1.70 bits per heavy atom. The molecule has 1 heterocycles. The van der Waals surface area contributed by atoms with E-state index >= 15 is 0 Å². The summed E-state index contributed by atoms with van der Waals surface area (Å²) >= 11 is 0. The molecule has 0 aliphatic heterocycles. The van der Waals surface area contributed by atoms with Gasteiger partial charge in [0.2, 0.25) is 0 Å². The highest BCUT2D eigenvalue weighted by molar-refractivity contribution is 6.11. The van der Waals surface area contributed by atoms with Gasteiger partial charge in [0.05, 0.1) is 11.1 Å². The second kappa shape index (κ2) is 13.4. The summed E-state index contributed by atoms with van der Waals surface area (Å²) < 4.78 is 6.66. The van der Waals surface area contributed by atoms with Gasteiger partial charge in [0, 0.05) is 33.3 Å². The Morgan fingerprint density at radius 1 is 0.351 bits per heavy atom. The van der Waals surface area contributed by atoms with Gasteiger partial charge in [-0.05, 0) is 80.9 Å². The van der Waals surface area contributed by atoms with Gasteiger partial charge in [-0.25, -0.2) is 0 Å². The Kier molecular flexibility index (Phi) is 7.75. The lowest BCUT2D eigenvalue weighted by Gasteiger charge is -2.35. The van der Waals surface area contributed by atoms with Gasteiger partial charge in [0.25, 0.3) is 0 Å². The van der Waals surface area contributed by atoms with Gasteiger partial charge >= 0.3 is 0 Å². The Bertz CT molecular complexity index is 3030. The Balaban J connectivity index is 1.20. The molecule has 0 bridgehead atoms. The summed E-state index contributed by atoms with van der Waals surface area (Å²) in [5.41, 5.74) is 16.5. The van der Waals surface area contributed by atoms with Gasteiger partial charge in [0.1, 0.15) is 11.2 Å². The number of fused-ring (bicyclic) bond motifs is 6. The molecule has 1 aliphatic carbocycles. The van der Waals surface area contributed by atoms with Crippen LogP contribution in [0.2, 0.25) is 0 Å². The van der Waals surface area contributed by atoms with E-state index in [0.717, 1.165) is 55.7 Å². The first-order chi connectivity index (χ1) is 28.3. The van der Waals surface area contributed by atoms with Crippen molar-refractivity contribution >= 4 is 39.0 Å². The largest absolute Gasteiger partial charge is 0.455 e. The van der Waals surface area contributed by atoms with Crippen molar-refractivity contribution in [3.8, 4) is 33.4 Å². The number of hydrogen-bond acceptors (Lipinski definition) is 2. The van der Waals surface area contributed by atoms with Gasteiger partial charge in [-0.3, -0.25) is 0 Å². The molecule has 0 atom stereocenters. The number of benzene rings is 9. The third-order valence-electron chi connectivity index (χ3n) is 11.8. The van der Waals surface area contributed by atoms with Crippen LogP contribution < -0.4 is 4.90 Å². The fraction of sp³-hybridized carbons (Fsp3) is 0.0182. The summed E-state index contributed by atoms with van der Waals surface area (Å²) in [5.74, 6) is 0. The summed E-state index contributed by atoms with van der Waals surface area (Å²) in [6.07, 6.45) is 0. The predicted molar refractivity (Wildman–Crippen MR) is 237 cm³/mol. The molecule has 11 rings (SSSR count). The van der Waals surface area contributed by atoms with E-state index < -0.39 is 5.41 Å². The zero-order valence-electron chi connectivity index (χ0n) is 31.2. The maximum absolute atomic E-state index is 6.66. The number of para-hydroxylation sites is 3. The molecule has 0 unspecified atom stereocenters. The molecule has 0 N–H and O–H groups in total. The number of rotatable bonds is 7. The molecule has 1 aliphatic rings. The molecule has 57 heavy (non-hydrogen) atoms. The van der Waals surface area contributed by atoms with Gasteiger partial charge in [0.15, 0.2) is 0 Å². The summed E-state index contributed by atoms with van der Waals surface area (Å²) in [7, 11) is 0. The number of nitrogens with zero attached hydrogens (tertiary/aromatic N) is 1. The van der Waals surface area contributed by atoms with Gasteiger partial charge < -0.3 is 9.32 Å². The summed E-state index contributed by atoms with van der Waals surface area (Å²) in [4.78, 5) is 2.44. The molecule has 0 fully saturated rings. The van der Waals surface area contributed by atoms with Crippen molar-refractivity contribution in [1.82, 2.24) is 0 Å². The van der Waals surface area contributed by atoms with Crippen LogP contribution in [-0.4, -0.2) is 0 Å². The van der Waals surface area contributed by atoms with Crippen molar-refractivity contribution in [1.29, 1.82) is 0 Å². The fourth-order valence-corrected chi connectivity index (χ4v) is 9.31. The van der Waals surface area contributed by atoms with Crippen LogP contribution in [0.5, 0.6) is 0 Å². The molecule has 9 aromatic carbocycles. The van der Waals surface area contributed by atoms with E-state index in [1.165, 1.54) is 38.9 Å². The molecular formula is C55H37NO. The predicted octanol–water partition coefficient (Wildman–Crippen LogP) is 14.8. The lowest BCUT2D eigenvalue weighted by molar-refractivity contribution is 0.670. The van der Waals surface area contributed by atoms with Gasteiger partial charge in [-0.1, -0.05) is 188 Å². The van der Waals surface area contributed by atoms with Crippen LogP contribution in [0, 0.1) is 0 Å². The van der Waals surface area contributed by atoms with Crippen molar-refractivity contribution in [3.05, 3.63) is 247 Å². The highest BCUT2D eigenvalue weighted by atomic mass is 16.3. The minimum atomic E-state index is -0.526. The van der Waals surface area contributed by atoms with Crippen LogP contribution in [0.1, 0.15) is 22.3 Å². The van der Waals surface area contributed by atoms with Crippen LogP contribution in [0.3, 0.4) is 0 Å². The van der Waals surface area contributed by atoms with Crippen LogP contribution in [-0.2, 0) is 5.41 Å². The fourth-order valence-electron chi connectivity index (χ4n) is 9.31. The van der Waals surface area contributed by atoms with Crippen LogP contribution in [0.25, 0.3) is 55.3 Å². The van der Waals surface area contributed by atoms with Crippen molar-refractivity contribution in [2.45, 2.75) is 5.41 Å². The molecule has 0 amide bonds. The zero-order valence-corrected chi connectivity index (χ0v) is 31.2. The SMILES string of the molecule is c1ccc(-c2cccc(N(c3ccc4c(c3)C(c3ccccc3)(c3ccccc3)c3ccccc3-4)c3ccccc3-c3cccc4c3oc3ccccc34)c2)cc1. The second-order valence-corrected chi connectivity index (χ2v) is 14.8. The molecule has 0 radical (unpaired) electrons. The smallest absolute Gasteiger partial charge is 0.143 e. The van der Waals surface area contributed by atoms with Crippen molar-refractivity contribution in [2.24, 2.45) is 0 Å². The van der Waals surface area contributed by atoms with Crippen molar-refractivity contribution in [2.75, 3.05) is 4.90 Å². The second-order valence-electron chi connectivity index (χ2n) is 14.8. The standard InChI is InChI=1S/C55H37NO/c1-4-18-38(19-5-1)39-20-16-25-42(36-39)56(52-32-14-11-27-46(52)48-29-17-30-49-47-28-12-15-33-53(47)57-54(48)49)43-34-35-45-44-26-10-13-31-50(44)55(51(45)37-43,40-21-6-2-7-22-40)41-23-8-3-9-24-41/h1-37H. The molecule has 10 aromatic rings. The van der Waals surface area contributed by atoms with E-state index in [4.69, 9.17) is 4.42 Å². The number of furan rings is 1. The minimum Gasteiger partial charge on any atom is -0.455 e. The average molecular weight is 728 g/mol. The Morgan fingerprint density at radius 2 is 0.912 bits per heavy atom. The van der Waals surface area contributed by atoms with E-state index in [-0.39, 0.29) is 0 Å². The van der Waals surface area contributed by atoms with Crippen molar-refractivity contribution < 1.29 is 4.42 Å². The normalized spacial score (nSPS) is 12.7. The van der Waals surface area contributed by atoms with Crippen LogP contribution >= 0.6 is 0 Å². The van der Waals surface area contributed by atoms with Crippen LogP contribution in [0.4, 0.5) is 17.1 Å². The van der Waals surface area contributed by atoms with Gasteiger partial charge in [-0.15, -0.1) is 0 Å². The molecule has 2 heteroatoms. The first-order valence-corrected chi connectivity index (χ1v) is 19.6. The number of anilines is 3. The van der Waals surface area contributed by atoms with E-state index in [1.54, 1.807) is 0 Å². The molecule has 0 saturated heterocycles.